The van der Waals surface area contributed by atoms with Crippen molar-refractivity contribution < 1.29 is 14.7 Å². The molecule has 19 heavy (non-hydrogen) atoms. The molecule has 1 aliphatic heterocycles. The van der Waals surface area contributed by atoms with Crippen LogP contribution in [-0.2, 0) is 9.59 Å². The Hall–Kier alpha value is -1.67. The molecule has 2 rings (SSSR count). The summed E-state index contributed by atoms with van der Waals surface area (Å²) in [6.45, 7) is 1.99. The number of amidine groups is 1. The lowest BCUT2D eigenvalue weighted by atomic mass is 10.3. The van der Waals surface area contributed by atoms with Crippen molar-refractivity contribution in [1.29, 1.82) is 0 Å². The van der Waals surface area contributed by atoms with Gasteiger partial charge in [0.25, 0.3) is 0 Å². The highest BCUT2D eigenvalue weighted by molar-refractivity contribution is 8.15. The Labute approximate surface area is 117 Å². The smallest absolute Gasteiger partial charge is 0.239 e. The Morgan fingerprint density at radius 2 is 2.37 bits per heavy atom. The van der Waals surface area contributed by atoms with Gasteiger partial charge in [-0.05, 0) is 19.1 Å². The number of thiophene rings is 1. The molecule has 1 amide bonds. The fraction of sp³-hybridized carbons (Fsp3) is 0.273. The van der Waals surface area contributed by atoms with E-state index in [0.29, 0.717) is 5.17 Å². The summed E-state index contributed by atoms with van der Waals surface area (Å²) in [5.74, 6) is -1.64. The van der Waals surface area contributed by atoms with E-state index < -0.39 is 11.2 Å². The van der Waals surface area contributed by atoms with Crippen molar-refractivity contribution in [1.82, 2.24) is 5.32 Å². The SMILES string of the molecule is Cc1ccc(/C=N\N=C2\NC(=O)[C@@H](CC(=O)[O-])S2)s1. The third kappa shape index (κ3) is 3.90. The first-order valence-corrected chi connectivity index (χ1v) is 7.09. The van der Waals surface area contributed by atoms with E-state index in [1.54, 1.807) is 17.6 Å². The molecular weight excluding hydrogens is 286 g/mol. The number of nitrogens with zero attached hydrogens (tertiary/aromatic N) is 2. The number of hydrogen-bond acceptors (Lipinski definition) is 7. The predicted molar refractivity (Wildman–Crippen MR) is 73.2 cm³/mol. The number of carboxylic acids is 1. The molecule has 2 heterocycles. The average molecular weight is 296 g/mol. The van der Waals surface area contributed by atoms with Crippen LogP contribution in [0.2, 0.25) is 0 Å². The van der Waals surface area contributed by atoms with Crippen LogP contribution in [0.1, 0.15) is 16.2 Å². The second-order valence-corrected chi connectivity index (χ2v) is 6.28. The van der Waals surface area contributed by atoms with E-state index in [-0.39, 0.29) is 12.3 Å². The van der Waals surface area contributed by atoms with E-state index in [9.17, 15) is 14.7 Å². The first kappa shape index (κ1) is 13.8. The van der Waals surface area contributed by atoms with Gasteiger partial charge in [-0.3, -0.25) is 4.79 Å². The minimum atomic E-state index is -1.26. The number of carbonyl (C=O) groups is 2. The summed E-state index contributed by atoms with van der Waals surface area (Å²) >= 11 is 2.63. The lowest BCUT2D eigenvalue weighted by Gasteiger charge is -2.04. The summed E-state index contributed by atoms with van der Waals surface area (Å²) in [6, 6.07) is 3.89. The number of aryl methyl sites for hydroxylation is 1. The molecule has 0 aromatic carbocycles. The fourth-order valence-corrected chi connectivity index (χ4v) is 3.05. The highest BCUT2D eigenvalue weighted by Crippen LogP contribution is 2.22. The van der Waals surface area contributed by atoms with Crippen molar-refractivity contribution >= 4 is 46.4 Å². The highest BCUT2D eigenvalue weighted by atomic mass is 32.2. The third-order valence-corrected chi connectivity index (χ3v) is 4.23. The van der Waals surface area contributed by atoms with Crippen LogP contribution >= 0.6 is 23.1 Å². The molecular formula is C11H10N3O3S2-. The van der Waals surface area contributed by atoms with Crippen molar-refractivity contribution in [3.8, 4) is 0 Å². The summed E-state index contributed by atoms with van der Waals surface area (Å²) in [5, 5.41) is 20.2. The Balaban J connectivity index is 1.96. The number of hydrogen-bond donors (Lipinski definition) is 1. The van der Waals surface area contributed by atoms with E-state index in [0.717, 1.165) is 16.6 Å². The molecule has 100 valence electrons. The average Bonchev–Trinajstić information content (AvgIpc) is 2.86. The molecule has 6 nitrogen and oxygen atoms in total. The first-order valence-electron chi connectivity index (χ1n) is 5.39. The molecule has 1 saturated heterocycles. The Bertz CT molecular complexity index is 565. The summed E-state index contributed by atoms with van der Waals surface area (Å²) in [7, 11) is 0. The fourth-order valence-electron chi connectivity index (χ4n) is 1.40. The van der Waals surface area contributed by atoms with E-state index in [1.165, 1.54) is 4.88 Å². The summed E-state index contributed by atoms with van der Waals surface area (Å²) < 4.78 is 0. The van der Waals surface area contributed by atoms with Gasteiger partial charge in [0.1, 0.15) is 0 Å². The number of carboxylic acid groups (broad SMARTS) is 1. The second-order valence-electron chi connectivity index (χ2n) is 3.77. The highest BCUT2D eigenvalue weighted by Gasteiger charge is 2.30. The van der Waals surface area contributed by atoms with Gasteiger partial charge in [0.2, 0.25) is 5.91 Å². The minimum absolute atomic E-state index is 0.306. The number of amides is 1. The molecule has 0 saturated carbocycles. The summed E-state index contributed by atoms with van der Waals surface area (Å²) in [5.41, 5.74) is 0. The molecule has 0 radical (unpaired) electrons. The maximum absolute atomic E-state index is 11.4. The zero-order valence-corrected chi connectivity index (χ0v) is 11.6. The van der Waals surface area contributed by atoms with Crippen LogP contribution < -0.4 is 10.4 Å². The van der Waals surface area contributed by atoms with Crippen LogP contribution in [0.5, 0.6) is 0 Å². The van der Waals surface area contributed by atoms with E-state index in [2.05, 4.69) is 15.5 Å². The van der Waals surface area contributed by atoms with Crippen LogP contribution in [-0.4, -0.2) is 28.5 Å². The van der Waals surface area contributed by atoms with Crippen molar-refractivity contribution in [2.24, 2.45) is 10.2 Å². The first-order chi connectivity index (χ1) is 9.04. The molecule has 0 spiro atoms. The Kier molecular flexibility index (Phi) is 4.33. The maximum atomic E-state index is 11.4. The van der Waals surface area contributed by atoms with Crippen molar-refractivity contribution in [2.45, 2.75) is 18.6 Å². The maximum Gasteiger partial charge on any atom is 0.239 e. The van der Waals surface area contributed by atoms with Crippen LogP contribution in [0, 0.1) is 6.92 Å². The number of thioether (sulfide) groups is 1. The van der Waals surface area contributed by atoms with Crippen LogP contribution in [0.4, 0.5) is 0 Å². The number of carbonyl (C=O) groups excluding carboxylic acids is 2. The summed E-state index contributed by atoms with van der Waals surface area (Å²) in [6.07, 6.45) is 1.26. The zero-order chi connectivity index (χ0) is 13.8. The normalized spacial score (nSPS) is 21.2. The van der Waals surface area contributed by atoms with Gasteiger partial charge in [-0.1, -0.05) is 11.8 Å². The van der Waals surface area contributed by atoms with Crippen molar-refractivity contribution in [2.75, 3.05) is 0 Å². The molecule has 1 aromatic rings. The molecule has 0 aliphatic carbocycles. The Morgan fingerprint density at radius 1 is 1.58 bits per heavy atom. The van der Waals surface area contributed by atoms with Gasteiger partial charge in [0, 0.05) is 22.1 Å². The minimum Gasteiger partial charge on any atom is -0.550 e. The lowest BCUT2D eigenvalue weighted by Crippen LogP contribution is -2.31. The van der Waals surface area contributed by atoms with Gasteiger partial charge in [-0.2, -0.15) is 5.10 Å². The molecule has 8 heteroatoms. The zero-order valence-electron chi connectivity index (χ0n) is 9.95. The van der Waals surface area contributed by atoms with Gasteiger partial charge in [0.15, 0.2) is 5.17 Å². The summed E-state index contributed by atoms with van der Waals surface area (Å²) in [4.78, 5) is 24.0. The van der Waals surface area contributed by atoms with E-state index in [4.69, 9.17) is 0 Å². The number of rotatable bonds is 4. The molecule has 1 atom stereocenters. The lowest BCUT2D eigenvalue weighted by molar-refractivity contribution is -0.305. The topological polar surface area (TPSA) is 94.0 Å². The van der Waals surface area contributed by atoms with Gasteiger partial charge in [0.05, 0.1) is 11.5 Å². The van der Waals surface area contributed by atoms with Crippen molar-refractivity contribution in [3.63, 3.8) is 0 Å². The van der Waals surface area contributed by atoms with E-state index >= 15 is 0 Å². The van der Waals surface area contributed by atoms with Gasteiger partial charge in [-0.25, -0.2) is 0 Å². The number of nitrogens with one attached hydrogen (secondary N) is 1. The van der Waals surface area contributed by atoms with Crippen molar-refractivity contribution in [3.05, 3.63) is 21.9 Å². The Morgan fingerprint density at radius 3 is 3.00 bits per heavy atom. The van der Waals surface area contributed by atoms with Crippen LogP contribution in [0.25, 0.3) is 0 Å². The molecule has 1 N–H and O–H groups in total. The molecule has 0 unspecified atom stereocenters. The van der Waals surface area contributed by atoms with Gasteiger partial charge >= 0.3 is 0 Å². The number of aliphatic carboxylic acids is 1. The molecule has 1 aliphatic rings. The quantitative estimate of drug-likeness (QED) is 0.630. The second kappa shape index (κ2) is 5.98. The third-order valence-electron chi connectivity index (χ3n) is 2.22. The molecule has 1 fully saturated rings. The predicted octanol–water partition coefficient (Wildman–Crippen LogP) is 0.118. The largest absolute Gasteiger partial charge is 0.550 e. The van der Waals surface area contributed by atoms with Gasteiger partial charge in [-0.15, -0.1) is 16.4 Å². The van der Waals surface area contributed by atoms with E-state index in [1.807, 2.05) is 19.1 Å². The molecule has 0 bridgehead atoms. The van der Waals surface area contributed by atoms with Crippen LogP contribution in [0.3, 0.4) is 0 Å². The molecule has 1 aromatic heterocycles. The monoisotopic (exact) mass is 296 g/mol. The standard InChI is InChI=1S/C11H11N3O3S2/c1-6-2-3-7(18-6)5-12-14-11-13-10(17)8(19-11)4-9(15)16/h2-3,5,8H,4H2,1H3,(H,15,16)(H,13,14,17)/p-1/b12-5-/t8-/m1/s1. The van der Waals surface area contributed by atoms with Gasteiger partial charge < -0.3 is 15.2 Å². The van der Waals surface area contributed by atoms with Crippen LogP contribution in [0.15, 0.2) is 22.3 Å².